The lowest BCUT2D eigenvalue weighted by molar-refractivity contribution is -0.129. The van der Waals surface area contributed by atoms with E-state index in [-0.39, 0.29) is 18.2 Å². The summed E-state index contributed by atoms with van der Waals surface area (Å²) in [5, 5.41) is 11.5. The number of hydrogen-bond acceptors (Lipinski definition) is 4. The summed E-state index contributed by atoms with van der Waals surface area (Å²) >= 11 is 0. The smallest absolute Gasteiger partial charge is 0.226 e. The van der Waals surface area contributed by atoms with Crippen molar-refractivity contribution in [1.82, 2.24) is 4.90 Å². The highest BCUT2D eigenvalue weighted by atomic mass is 16.5. The zero-order valence-corrected chi connectivity index (χ0v) is 13.0. The number of carbonyl (C=O) groups is 2. The maximum absolute atomic E-state index is 11.9. The van der Waals surface area contributed by atoms with Crippen molar-refractivity contribution in [2.24, 2.45) is 0 Å². The number of hydrogen-bond donors (Lipinski definition) is 1. The molecule has 118 valence electrons. The summed E-state index contributed by atoms with van der Waals surface area (Å²) in [5.41, 5.74) is 1.07. The van der Waals surface area contributed by atoms with E-state index in [9.17, 15) is 9.59 Å². The van der Waals surface area contributed by atoms with E-state index in [0.29, 0.717) is 30.9 Å². The minimum atomic E-state index is -0.187. The van der Waals surface area contributed by atoms with Crippen molar-refractivity contribution in [2.45, 2.75) is 19.8 Å². The van der Waals surface area contributed by atoms with E-state index in [2.05, 4.69) is 5.32 Å². The van der Waals surface area contributed by atoms with Crippen molar-refractivity contribution in [3.8, 4) is 6.07 Å². The molecule has 0 aliphatic rings. The van der Waals surface area contributed by atoms with Gasteiger partial charge in [0.25, 0.3) is 0 Å². The number of benzene rings is 1. The first kappa shape index (κ1) is 17.7. The summed E-state index contributed by atoms with van der Waals surface area (Å²) in [6.45, 7) is 3.00. The Morgan fingerprint density at radius 2 is 2.14 bits per heavy atom. The van der Waals surface area contributed by atoms with Crippen LogP contribution in [0.1, 0.15) is 25.3 Å². The van der Waals surface area contributed by atoms with Gasteiger partial charge in [-0.15, -0.1) is 0 Å². The van der Waals surface area contributed by atoms with Crippen LogP contribution in [0.3, 0.4) is 0 Å². The molecule has 0 saturated carbocycles. The fraction of sp³-hybridized carbons (Fsp3) is 0.438. The monoisotopic (exact) mass is 303 g/mol. The van der Waals surface area contributed by atoms with Crippen LogP contribution in [0.4, 0.5) is 5.69 Å². The summed E-state index contributed by atoms with van der Waals surface area (Å²) in [4.78, 5) is 25.1. The van der Waals surface area contributed by atoms with Crippen LogP contribution in [0.2, 0.25) is 0 Å². The maximum atomic E-state index is 11.9. The Bertz CT molecular complexity index is 552. The summed E-state index contributed by atoms with van der Waals surface area (Å²) in [7, 11) is 1.61. The molecule has 1 rings (SSSR count). The molecule has 0 aliphatic heterocycles. The average Bonchev–Trinajstić information content (AvgIpc) is 2.50. The molecule has 0 spiro atoms. The average molecular weight is 303 g/mol. The van der Waals surface area contributed by atoms with Crippen molar-refractivity contribution >= 4 is 17.5 Å². The van der Waals surface area contributed by atoms with E-state index >= 15 is 0 Å². The minimum Gasteiger partial charge on any atom is -0.385 e. The second-order valence-electron chi connectivity index (χ2n) is 4.84. The number of nitriles is 1. The van der Waals surface area contributed by atoms with E-state index in [0.717, 1.165) is 6.42 Å². The standard InChI is InChI=1S/C16H21N3O3/c1-13(20)19(8-4-10-22-2)9-7-16(21)18-15-6-3-5-14(11-15)12-17/h3,5-6,11H,4,7-10H2,1-2H3,(H,18,21). The van der Waals surface area contributed by atoms with Gasteiger partial charge in [0.1, 0.15) is 0 Å². The van der Waals surface area contributed by atoms with Crippen molar-refractivity contribution in [1.29, 1.82) is 5.26 Å². The number of rotatable bonds is 8. The molecule has 6 nitrogen and oxygen atoms in total. The Morgan fingerprint density at radius 3 is 2.77 bits per heavy atom. The van der Waals surface area contributed by atoms with Crippen LogP contribution in [-0.4, -0.2) is 43.5 Å². The Balaban J connectivity index is 2.46. The Labute approximate surface area is 130 Å². The van der Waals surface area contributed by atoms with Crippen LogP contribution in [0.25, 0.3) is 0 Å². The van der Waals surface area contributed by atoms with Gasteiger partial charge < -0.3 is 15.0 Å². The first-order chi connectivity index (χ1) is 10.6. The first-order valence-corrected chi connectivity index (χ1v) is 7.11. The van der Waals surface area contributed by atoms with E-state index in [1.165, 1.54) is 6.92 Å². The molecule has 0 bridgehead atoms. The molecular weight excluding hydrogens is 282 g/mol. The van der Waals surface area contributed by atoms with Gasteiger partial charge in [0.05, 0.1) is 11.6 Å². The predicted molar refractivity (Wildman–Crippen MR) is 83.2 cm³/mol. The summed E-state index contributed by atoms with van der Waals surface area (Å²) in [6, 6.07) is 8.73. The van der Waals surface area contributed by atoms with Crippen LogP contribution in [0.5, 0.6) is 0 Å². The molecular formula is C16H21N3O3. The molecule has 0 aromatic heterocycles. The molecule has 0 atom stereocenters. The summed E-state index contributed by atoms with van der Waals surface area (Å²) < 4.78 is 4.95. The summed E-state index contributed by atoms with van der Waals surface area (Å²) in [6.07, 6.45) is 0.950. The van der Waals surface area contributed by atoms with E-state index in [1.54, 1.807) is 36.3 Å². The number of amides is 2. The second-order valence-corrected chi connectivity index (χ2v) is 4.84. The zero-order chi connectivity index (χ0) is 16.4. The van der Waals surface area contributed by atoms with Gasteiger partial charge in [0.2, 0.25) is 11.8 Å². The van der Waals surface area contributed by atoms with Gasteiger partial charge in [0.15, 0.2) is 0 Å². The number of nitrogens with one attached hydrogen (secondary N) is 1. The van der Waals surface area contributed by atoms with Crippen molar-refractivity contribution in [3.63, 3.8) is 0 Å². The van der Waals surface area contributed by atoms with E-state index in [1.807, 2.05) is 6.07 Å². The Morgan fingerprint density at radius 1 is 1.36 bits per heavy atom. The molecule has 0 aliphatic carbocycles. The lowest BCUT2D eigenvalue weighted by Gasteiger charge is -2.20. The highest BCUT2D eigenvalue weighted by molar-refractivity contribution is 5.91. The number of ether oxygens (including phenoxy) is 1. The molecule has 1 N–H and O–H groups in total. The molecule has 22 heavy (non-hydrogen) atoms. The molecule has 2 amide bonds. The van der Waals surface area contributed by atoms with E-state index in [4.69, 9.17) is 10.00 Å². The fourth-order valence-electron chi connectivity index (χ4n) is 1.95. The Hall–Kier alpha value is -2.39. The lowest BCUT2D eigenvalue weighted by atomic mass is 10.2. The number of carbonyl (C=O) groups excluding carboxylic acids is 2. The molecule has 6 heteroatoms. The normalized spacial score (nSPS) is 9.86. The van der Waals surface area contributed by atoms with Gasteiger partial charge >= 0.3 is 0 Å². The second kappa shape index (κ2) is 9.53. The first-order valence-electron chi connectivity index (χ1n) is 7.11. The molecule has 1 aromatic carbocycles. The molecule has 0 heterocycles. The van der Waals surface area contributed by atoms with Gasteiger partial charge in [-0.3, -0.25) is 9.59 Å². The number of nitrogens with zero attached hydrogens (tertiary/aromatic N) is 2. The quantitative estimate of drug-likeness (QED) is 0.742. The van der Waals surface area contributed by atoms with Crippen molar-refractivity contribution < 1.29 is 14.3 Å². The van der Waals surface area contributed by atoms with Gasteiger partial charge in [-0.1, -0.05) is 6.07 Å². The van der Waals surface area contributed by atoms with Crippen LogP contribution in [0, 0.1) is 11.3 Å². The van der Waals surface area contributed by atoms with Crippen molar-refractivity contribution in [3.05, 3.63) is 29.8 Å². The van der Waals surface area contributed by atoms with Gasteiger partial charge in [-0.2, -0.15) is 5.26 Å². The van der Waals surface area contributed by atoms with Crippen LogP contribution in [-0.2, 0) is 14.3 Å². The topological polar surface area (TPSA) is 82.4 Å². The third-order valence-electron chi connectivity index (χ3n) is 3.11. The largest absolute Gasteiger partial charge is 0.385 e. The third-order valence-corrected chi connectivity index (χ3v) is 3.11. The molecule has 0 fully saturated rings. The fourth-order valence-corrected chi connectivity index (χ4v) is 1.95. The van der Waals surface area contributed by atoms with Crippen LogP contribution < -0.4 is 5.32 Å². The van der Waals surface area contributed by atoms with Crippen LogP contribution >= 0.6 is 0 Å². The highest BCUT2D eigenvalue weighted by Gasteiger charge is 2.11. The maximum Gasteiger partial charge on any atom is 0.226 e. The van der Waals surface area contributed by atoms with Gasteiger partial charge in [0, 0.05) is 45.8 Å². The Kier molecular flexibility index (Phi) is 7.65. The minimum absolute atomic E-state index is 0.0598. The number of methoxy groups -OCH3 is 1. The SMILES string of the molecule is COCCCN(CCC(=O)Nc1cccc(C#N)c1)C(C)=O. The highest BCUT2D eigenvalue weighted by Crippen LogP contribution is 2.10. The van der Waals surface area contributed by atoms with Crippen LogP contribution in [0.15, 0.2) is 24.3 Å². The van der Waals surface area contributed by atoms with Gasteiger partial charge in [-0.25, -0.2) is 0 Å². The van der Waals surface area contributed by atoms with Gasteiger partial charge in [-0.05, 0) is 24.6 Å². The zero-order valence-electron chi connectivity index (χ0n) is 13.0. The summed E-state index contributed by atoms with van der Waals surface area (Å²) in [5.74, 6) is -0.247. The molecule has 0 radical (unpaired) electrons. The molecule has 0 unspecified atom stereocenters. The third kappa shape index (κ3) is 6.37. The van der Waals surface area contributed by atoms with Crippen molar-refractivity contribution in [2.75, 3.05) is 32.1 Å². The number of anilines is 1. The predicted octanol–water partition coefficient (Wildman–Crippen LogP) is 1.77. The molecule has 1 aromatic rings. The van der Waals surface area contributed by atoms with E-state index < -0.39 is 0 Å². The molecule has 0 saturated heterocycles. The lowest BCUT2D eigenvalue weighted by Crippen LogP contribution is -2.33.